The summed E-state index contributed by atoms with van der Waals surface area (Å²) in [6, 6.07) is 0. The molecular weight excluding hydrogens is 256 g/mol. The van der Waals surface area contributed by atoms with Gasteiger partial charge in [-0.2, -0.15) is 0 Å². The van der Waals surface area contributed by atoms with Gasteiger partial charge in [0.1, 0.15) is 0 Å². The molecule has 20 heavy (non-hydrogen) atoms. The molecule has 1 rings (SSSR count). The van der Waals surface area contributed by atoms with E-state index >= 15 is 0 Å². The molecule has 1 aliphatic heterocycles. The minimum Gasteiger partial charge on any atom is -0.481 e. The monoisotopic (exact) mass is 284 g/mol. The van der Waals surface area contributed by atoms with Crippen LogP contribution >= 0.6 is 0 Å². The Hall–Kier alpha value is -1.10. The van der Waals surface area contributed by atoms with Crippen molar-refractivity contribution in [3.05, 3.63) is 0 Å². The second-order valence-electron chi connectivity index (χ2n) is 7.00. The van der Waals surface area contributed by atoms with Crippen LogP contribution in [0.2, 0.25) is 0 Å². The van der Waals surface area contributed by atoms with Crippen LogP contribution in [0.15, 0.2) is 0 Å². The smallest absolute Gasteiger partial charge is 0.303 e. The first-order valence-electron chi connectivity index (χ1n) is 7.40. The fourth-order valence-electron chi connectivity index (χ4n) is 2.60. The normalized spacial score (nSPS) is 20.5. The van der Waals surface area contributed by atoms with E-state index in [1.165, 1.54) is 0 Å². The van der Waals surface area contributed by atoms with Crippen LogP contribution in [-0.4, -0.2) is 35.6 Å². The maximum absolute atomic E-state index is 12.5. The molecule has 0 bridgehead atoms. The quantitative estimate of drug-likeness (QED) is 0.694. The molecule has 0 spiro atoms. The first-order valence-corrected chi connectivity index (χ1v) is 7.40. The van der Waals surface area contributed by atoms with E-state index in [0.717, 1.165) is 25.9 Å². The molecule has 3 N–H and O–H groups in total. The van der Waals surface area contributed by atoms with Gasteiger partial charge >= 0.3 is 5.97 Å². The van der Waals surface area contributed by atoms with Gasteiger partial charge in [-0.15, -0.1) is 0 Å². The van der Waals surface area contributed by atoms with Crippen LogP contribution in [0.5, 0.6) is 0 Å². The van der Waals surface area contributed by atoms with E-state index in [9.17, 15) is 9.59 Å². The molecule has 1 fully saturated rings. The van der Waals surface area contributed by atoms with E-state index in [4.69, 9.17) is 5.11 Å². The highest BCUT2D eigenvalue weighted by Crippen LogP contribution is 2.32. The third kappa shape index (κ3) is 4.78. The SMILES string of the molecule is CC(C)(CCC(=O)O)NC(=O)C(C)(C)C1CCCNC1. The van der Waals surface area contributed by atoms with Gasteiger partial charge in [-0.3, -0.25) is 9.59 Å². The van der Waals surface area contributed by atoms with Gasteiger partial charge in [0.05, 0.1) is 0 Å². The number of rotatable bonds is 6. The number of hydrogen-bond donors (Lipinski definition) is 3. The Bertz CT molecular complexity index is 358. The lowest BCUT2D eigenvalue weighted by Crippen LogP contribution is -2.53. The van der Waals surface area contributed by atoms with E-state index in [0.29, 0.717) is 12.3 Å². The summed E-state index contributed by atoms with van der Waals surface area (Å²) in [5, 5.41) is 15.1. The molecule has 116 valence electrons. The predicted octanol–water partition coefficient (Wildman–Crippen LogP) is 1.77. The zero-order valence-corrected chi connectivity index (χ0v) is 13.1. The topological polar surface area (TPSA) is 78.4 Å². The molecule has 0 aromatic heterocycles. The summed E-state index contributed by atoms with van der Waals surface area (Å²) in [4.78, 5) is 23.2. The van der Waals surface area contributed by atoms with Gasteiger partial charge in [0.15, 0.2) is 0 Å². The van der Waals surface area contributed by atoms with E-state index in [-0.39, 0.29) is 12.3 Å². The van der Waals surface area contributed by atoms with Gasteiger partial charge in [0.25, 0.3) is 0 Å². The van der Waals surface area contributed by atoms with Crippen LogP contribution in [0.3, 0.4) is 0 Å². The third-order valence-electron chi connectivity index (χ3n) is 4.32. The second kappa shape index (κ2) is 6.57. The molecule has 0 aromatic carbocycles. The summed E-state index contributed by atoms with van der Waals surface area (Å²) in [6.45, 7) is 9.61. The van der Waals surface area contributed by atoms with Crippen molar-refractivity contribution in [1.29, 1.82) is 0 Å². The molecule has 5 heteroatoms. The van der Waals surface area contributed by atoms with E-state index < -0.39 is 16.9 Å². The molecule has 1 aliphatic rings. The summed E-state index contributed by atoms with van der Waals surface area (Å²) in [7, 11) is 0. The van der Waals surface area contributed by atoms with Gasteiger partial charge in [-0.1, -0.05) is 13.8 Å². The number of hydrogen-bond acceptors (Lipinski definition) is 3. The van der Waals surface area contributed by atoms with Gasteiger partial charge in [-0.25, -0.2) is 0 Å². The Morgan fingerprint density at radius 3 is 2.45 bits per heavy atom. The summed E-state index contributed by atoms with van der Waals surface area (Å²) in [5.74, 6) is -0.490. The van der Waals surface area contributed by atoms with Gasteiger partial charge in [-0.05, 0) is 52.1 Å². The summed E-state index contributed by atoms with van der Waals surface area (Å²) >= 11 is 0. The van der Waals surface area contributed by atoms with Gasteiger partial charge in [0.2, 0.25) is 5.91 Å². The maximum Gasteiger partial charge on any atom is 0.303 e. The lowest BCUT2D eigenvalue weighted by atomic mass is 9.74. The number of nitrogens with one attached hydrogen (secondary N) is 2. The lowest BCUT2D eigenvalue weighted by Gasteiger charge is -2.38. The van der Waals surface area contributed by atoms with Crippen LogP contribution < -0.4 is 10.6 Å². The number of carboxylic acids is 1. The fourth-order valence-corrected chi connectivity index (χ4v) is 2.60. The Balaban J connectivity index is 2.60. The molecule has 1 amide bonds. The highest BCUT2D eigenvalue weighted by atomic mass is 16.4. The van der Waals surface area contributed by atoms with Crippen LogP contribution in [0.1, 0.15) is 53.4 Å². The molecular formula is C15H28N2O3. The minimum absolute atomic E-state index is 0.0154. The Kier molecular flexibility index (Phi) is 5.57. The number of carbonyl (C=O) groups excluding carboxylic acids is 1. The third-order valence-corrected chi connectivity index (χ3v) is 4.32. The number of aliphatic carboxylic acids is 1. The Morgan fingerprint density at radius 2 is 1.95 bits per heavy atom. The van der Waals surface area contributed by atoms with Crippen molar-refractivity contribution in [3.63, 3.8) is 0 Å². The van der Waals surface area contributed by atoms with Crippen molar-refractivity contribution in [2.24, 2.45) is 11.3 Å². The molecule has 0 radical (unpaired) electrons. The molecule has 5 nitrogen and oxygen atoms in total. The van der Waals surface area contributed by atoms with Gasteiger partial charge < -0.3 is 15.7 Å². The van der Waals surface area contributed by atoms with Crippen molar-refractivity contribution in [1.82, 2.24) is 10.6 Å². The zero-order valence-electron chi connectivity index (χ0n) is 13.1. The highest BCUT2D eigenvalue weighted by Gasteiger charge is 2.39. The van der Waals surface area contributed by atoms with Crippen molar-refractivity contribution in [3.8, 4) is 0 Å². The van der Waals surface area contributed by atoms with Crippen molar-refractivity contribution in [2.75, 3.05) is 13.1 Å². The number of piperidine rings is 1. The van der Waals surface area contributed by atoms with Crippen LogP contribution in [-0.2, 0) is 9.59 Å². The Labute approximate surface area is 121 Å². The summed E-state index contributed by atoms with van der Waals surface area (Å²) in [5.41, 5.74) is -0.928. The molecule has 0 aliphatic carbocycles. The first-order chi connectivity index (χ1) is 9.15. The summed E-state index contributed by atoms with van der Waals surface area (Å²) < 4.78 is 0. The first kappa shape index (κ1) is 17.0. The van der Waals surface area contributed by atoms with Crippen molar-refractivity contribution < 1.29 is 14.7 Å². The molecule has 1 unspecified atom stereocenters. The number of carboxylic acid groups (broad SMARTS) is 1. The molecule has 1 saturated heterocycles. The molecule has 0 saturated carbocycles. The largest absolute Gasteiger partial charge is 0.481 e. The van der Waals surface area contributed by atoms with E-state index in [2.05, 4.69) is 10.6 Å². The average molecular weight is 284 g/mol. The maximum atomic E-state index is 12.5. The van der Waals surface area contributed by atoms with Gasteiger partial charge in [0, 0.05) is 17.4 Å². The second-order valence-corrected chi connectivity index (χ2v) is 7.00. The van der Waals surface area contributed by atoms with Crippen molar-refractivity contribution >= 4 is 11.9 Å². The minimum atomic E-state index is -0.830. The predicted molar refractivity (Wildman–Crippen MR) is 78.5 cm³/mol. The van der Waals surface area contributed by atoms with Crippen LogP contribution in [0, 0.1) is 11.3 Å². The van der Waals surface area contributed by atoms with E-state index in [1.807, 2.05) is 27.7 Å². The molecule has 1 heterocycles. The highest BCUT2D eigenvalue weighted by molar-refractivity contribution is 5.83. The molecule has 0 aromatic rings. The summed E-state index contributed by atoms with van der Waals surface area (Å²) in [6.07, 6.45) is 2.67. The zero-order chi connectivity index (χ0) is 15.4. The molecule has 1 atom stereocenters. The number of carbonyl (C=O) groups is 2. The standard InChI is InChI=1S/C15H28N2O3/c1-14(2,8-7-12(18)19)17-13(20)15(3,4)11-6-5-9-16-10-11/h11,16H,5-10H2,1-4H3,(H,17,20)(H,18,19). The fraction of sp³-hybridized carbons (Fsp3) is 0.867. The Morgan fingerprint density at radius 1 is 1.30 bits per heavy atom. The average Bonchev–Trinajstić information content (AvgIpc) is 2.37. The van der Waals surface area contributed by atoms with E-state index in [1.54, 1.807) is 0 Å². The van der Waals surface area contributed by atoms with Crippen molar-refractivity contribution in [2.45, 2.75) is 58.9 Å². The van der Waals surface area contributed by atoms with Crippen LogP contribution in [0.4, 0.5) is 0 Å². The van der Waals surface area contributed by atoms with Crippen LogP contribution in [0.25, 0.3) is 0 Å². The lowest BCUT2D eigenvalue weighted by molar-refractivity contribution is -0.139. The number of amides is 1.